The first-order chi connectivity index (χ1) is 27.1. The van der Waals surface area contributed by atoms with Gasteiger partial charge in [0.05, 0.1) is 0 Å². The van der Waals surface area contributed by atoms with Gasteiger partial charge in [0.2, 0.25) is 0 Å². The molecule has 2 aliphatic heterocycles. The van der Waals surface area contributed by atoms with Crippen LogP contribution in [0, 0.1) is 0 Å². The molecule has 8 aromatic rings. The van der Waals surface area contributed by atoms with Crippen LogP contribution in [0.5, 0.6) is 0 Å². The van der Waals surface area contributed by atoms with Crippen LogP contribution >= 0.6 is 0 Å². The summed E-state index contributed by atoms with van der Waals surface area (Å²) in [6.45, 7) is 6.88. The van der Waals surface area contributed by atoms with Gasteiger partial charge < -0.3 is 9.80 Å². The molecule has 0 atom stereocenters. The predicted octanol–water partition coefficient (Wildman–Crippen LogP) is 13.8. The fourth-order valence-electron chi connectivity index (χ4n) is 10.4. The van der Waals surface area contributed by atoms with E-state index in [0.717, 1.165) is 38.8 Å². The van der Waals surface area contributed by atoms with Crippen LogP contribution in [-0.2, 0) is 18.3 Å². The average molecular weight is 709 g/mol. The molecule has 0 fully saturated rings. The number of rotatable bonds is 4. The highest BCUT2D eigenvalue weighted by atomic mass is 15.1. The Morgan fingerprint density at radius 3 is 1.64 bits per heavy atom. The minimum absolute atomic E-state index is 0.153. The highest BCUT2D eigenvalue weighted by Crippen LogP contribution is 2.55. The quantitative estimate of drug-likeness (QED) is 0.168. The Bertz CT molecular complexity index is 2810. The number of para-hydroxylation sites is 2. The highest BCUT2D eigenvalue weighted by molar-refractivity contribution is 6.23. The molecule has 0 unspecified atom stereocenters. The van der Waals surface area contributed by atoms with Gasteiger partial charge in [0.15, 0.2) is 0 Å². The molecular weight excluding hydrogens is 665 g/mol. The summed E-state index contributed by atoms with van der Waals surface area (Å²) in [5.41, 5.74) is 18.7. The molecule has 0 amide bonds. The SMILES string of the molecule is CC1(C)c2ccccc2-c2cccc(-c3c4ccc(N5CCCc6ccccc65)cc4c(-c4ccccc4)c4ccc(N5CCCc6ccccc65)cc34)c21. The molecule has 2 nitrogen and oxygen atoms in total. The average Bonchev–Trinajstić information content (AvgIpc) is 3.48. The van der Waals surface area contributed by atoms with Crippen LogP contribution in [0.4, 0.5) is 22.7 Å². The van der Waals surface area contributed by atoms with Gasteiger partial charge in [-0.05, 0) is 139 Å². The molecule has 0 saturated carbocycles. The van der Waals surface area contributed by atoms with Gasteiger partial charge in [0, 0.05) is 41.3 Å². The summed E-state index contributed by atoms with van der Waals surface area (Å²) >= 11 is 0. The van der Waals surface area contributed by atoms with E-state index in [2.05, 4.69) is 181 Å². The molecule has 1 aliphatic carbocycles. The molecule has 2 heteroatoms. The van der Waals surface area contributed by atoms with Crippen LogP contribution in [0.25, 0.3) is 54.9 Å². The number of anilines is 4. The third kappa shape index (κ3) is 4.94. The molecule has 8 aromatic carbocycles. The van der Waals surface area contributed by atoms with Gasteiger partial charge in [-0.2, -0.15) is 0 Å². The van der Waals surface area contributed by atoms with Crippen molar-refractivity contribution in [2.24, 2.45) is 0 Å². The fraction of sp³-hybridized carbons (Fsp3) is 0.170. The molecule has 55 heavy (non-hydrogen) atoms. The minimum atomic E-state index is -0.153. The van der Waals surface area contributed by atoms with Crippen LogP contribution < -0.4 is 9.80 Å². The van der Waals surface area contributed by atoms with Crippen LogP contribution in [0.2, 0.25) is 0 Å². The second-order valence-electron chi connectivity index (χ2n) is 16.2. The zero-order valence-electron chi connectivity index (χ0n) is 31.6. The standard InChI is InChI=1S/C53H44N2/c1-53(2)47-24-9-8-21-40(47)43-22-12-23-44(52(43)53)51-42-30-28-38(54-31-13-19-35-15-6-10-25-48(35)54)33-45(42)50(37-17-4-3-5-18-37)41-29-27-39(34-46(41)51)55-32-14-20-36-16-7-11-26-49(36)55/h3-12,15-18,21-30,33-34H,13-14,19-20,31-32H2,1-2H3. The number of benzene rings is 8. The molecule has 0 spiro atoms. The summed E-state index contributed by atoms with van der Waals surface area (Å²) in [4.78, 5) is 5.11. The van der Waals surface area contributed by atoms with Gasteiger partial charge in [0.25, 0.3) is 0 Å². The van der Waals surface area contributed by atoms with Gasteiger partial charge in [-0.1, -0.05) is 135 Å². The maximum atomic E-state index is 2.56. The fourth-order valence-corrected chi connectivity index (χ4v) is 10.4. The normalized spacial score (nSPS) is 15.5. The second-order valence-corrected chi connectivity index (χ2v) is 16.2. The molecule has 0 saturated heterocycles. The molecule has 11 rings (SSSR count). The number of nitrogens with zero attached hydrogens (tertiary/aromatic N) is 2. The van der Waals surface area contributed by atoms with E-state index >= 15 is 0 Å². The van der Waals surface area contributed by atoms with Crippen molar-refractivity contribution in [3.8, 4) is 33.4 Å². The number of aryl methyl sites for hydroxylation is 2. The molecule has 3 aliphatic rings. The van der Waals surface area contributed by atoms with Crippen LogP contribution in [0.1, 0.15) is 48.9 Å². The van der Waals surface area contributed by atoms with E-state index in [-0.39, 0.29) is 5.41 Å². The van der Waals surface area contributed by atoms with Crippen LogP contribution in [0.15, 0.2) is 158 Å². The van der Waals surface area contributed by atoms with Crippen molar-refractivity contribution in [1.29, 1.82) is 0 Å². The van der Waals surface area contributed by atoms with Crippen molar-refractivity contribution in [3.05, 3.63) is 180 Å². The number of fused-ring (bicyclic) bond motifs is 7. The van der Waals surface area contributed by atoms with E-state index in [1.54, 1.807) is 0 Å². The predicted molar refractivity (Wildman–Crippen MR) is 233 cm³/mol. The van der Waals surface area contributed by atoms with Crippen molar-refractivity contribution >= 4 is 44.3 Å². The molecule has 0 aromatic heterocycles. The van der Waals surface area contributed by atoms with Gasteiger partial charge in [-0.3, -0.25) is 0 Å². The first kappa shape index (κ1) is 32.3. The van der Waals surface area contributed by atoms with E-state index in [4.69, 9.17) is 0 Å². The maximum Gasteiger partial charge on any atom is 0.0443 e. The Kier molecular flexibility index (Phi) is 7.33. The topological polar surface area (TPSA) is 6.48 Å². The number of hydrogen-bond acceptors (Lipinski definition) is 2. The van der Waals surface area contributed by atoms with E-state index in [0.29, 0.717) is 0 Å². The third-order valence-electron chi connectivity index (χ3n) is 12.8. The Labute approximate surface area is 324 Å². The van der Waals surface area contributed by atoms with Gasteiger partial charge in [-0.15, -0.1) is 0 Å². The molecule has 0 N–H and O–H groups in total. The van der Waals surface area contributed by atoms with Gasteiger partial charge in [-0.25, -0.2) is 0 Å². The summed E-state index contributed by atoms with van der Waals surface area (Å²) in [7, 11) is 0. The van der Waals surface area contributed by atoms with Crippen molar-refractivity contribution in [2.45, 2.75) is 44.9 Å². The van der Waals surface area contributed by atoms with Crippen LogP contribution in [-0.4, -0.2) is 13.1 Å². The van der Waals surface area contributed by atoms with Crippen molar-refractivity contribution in [1.82, 2.24) is 0 Å². The lowest BCUT2D eigenvalue weighted by molar-refractivity contribution is 0.662. The highest BCUT2D eigenvalue weighted by Gasteiger charge is 2.38. The Balaban J connectivity index is 1.25. The number of hydrogen-bond donors (Lipinski definition) is 0. The Hall–Kier alpha value is -6.12. The van der Waals surface area contributed by atoms with Crippen LogP contribution in [0.3, 0.4) is 0 Å². The second kappa shape index (κ2) is 12.5. The zero-order valence-corrected chi connectivity index (χ0v) is 31.6. The van der Waals surface area contributed by atoms with Crippen molar-refractivity contribution < 1.29 is 0 Å². The van der Waals surface area contributed by atoms with Crippen molar-refractivity contribution in [3.63, 3.8) is 0 Å². The molecule has 2 heterocycles. The monoisotopic (exact) mass is 708 g/mol. The minimum Gasteiger partial charge on any atom is -0.341 e. The van der Waals surface area contributed by atoms with E-state index in [1.807, 2.05) is 0 Å². The van der Waals surface area contributed by atoms with Crippen molar-refractivity contribution in [2.75, 3.05) is 22.9 Å². The smallest absolute Gasteiger partial charge is 0.0443 e. The lowest BCUT2D eigenvalue weighted by atomic mass is 9.76. The zero-order chi connectivity index (χ0) is 36.7. The summed E-state index contributed by atoms with van der Waals surface area (Å²) in [5, 5.41) is 5.21. The maximum absolute atomic E-state index is 2.56. The molecular formula is C53H44N2. The van der Waals surface area contributed by atoms with E-state index in [9.17, 15) is 0 Å². The lowest BCUT2D eigenvalue weighted by Gasteiger charge is -2.33. The summed E-state index contributed by atoms with van der Waals surface area (Å²) in [6, 6.07) is 59.8. The van der Waals surface area contributed by atoms with Gasteiger partial charge in [0.1, 0.15) is 0 Å². The van der Waals surface area contributed by atoms with E-state index < -0.39 is 0 Å². The van der Waals surface area contributed by atoms with E-state index in [1.165, 1.54) is 99.9 Å². The third-order valence-corrected chi connectivity index (χ3v) is 12.8. The summed E-state index contributed by atoms with van der Waals surface area (Å²) < 4.78 is 0. The summed E-state index contributed by atoms with van der Waals surface area (Å²) in [5.74, 6) is 0. The first-order valence-electron chi connectivity index (χ1n) is 20.1. The van der Waals surface area contributed by atoms with Gasteiger partial charge >= 0.3 is 0 Å². The Morgan fingerprint density at radius 1 is 0.436 bits per heavy atom. The lowest BCUT2D eigenvalue weighted by Crippen LogP contribution is -2.24. The molecule has 266 valence electrons. The summed E-state index contributed by atoms with van der Waals surface area (Å²) in [6.07, 6.45) is 4.56. The Morgan fingerprint density at radius 2 is 0.964 bits per heavy atom. The first-order valence-corrected chi connectivity index (χ1v) is 20.1. The molecule has 0 bridgehead atoms. The largest absolute Gasteiger partial charge is 0.341 e. The molecule has 0 radical (unpaired) electrons.